The third-order valence-electron chi connectivity index (χ3n) is 4.42. The zero-order chi connectivity index (χ0) is 19.8. The van der Waals surface area contributed by atoms with E-state index in [1.54, 1.807) is 6.92 Å². The van der Waals surface area contributed by atoms with Crippen molar-refractivity contribution < 1.29 is 22.7 Å². The number of hydrogen-bond donors (Lipinski definition) is 3. The molecule has 0 bridgehead atoms. The number of alkyl halides is 2. The number of nitrogens with zero attached hydrogens (tertiary/aromatic N) is 2. The van der Waals surface area contributed by atoms with Gasteiger partial charge in [0.25, 0.3) is 11.8 Å². The topological polar surface area (TPSA) is 105 Å². The van der Waals surface area contributed by atoms with Crippen molar-refractivity contribution in [2.24, 2.45) is 10.7 Å². The van der Waals surface area contributed by atoms with Gasteiger partial charge in [-0.1, -0.05) is 0 Å². The minimum atomic E-state index is -3.52. The van der Waals surface area contributed by atoms with Gasteiger partial charge in [-0.3, -0.25) is 14.9 Å². The molecule has 1 amide bonds. The second-order valence-corrected chi connectivity index (χ2v) is 6.45. The van der Waals surface area contributed by atoms with Crippen molar-refractivity contribution in [3.05, 3.63) is 47.0 Å². The molecular formula is C17H18F3N5O2. The Kier molecular flexibility index (Phi) is 4.68. The summed E-state index contributed by atoms with van der Waals surface area (Å²) in [5.74, 6) is -5.12. The fourth-order valence-electron chi connectivity index (χ4n) is 2.83. The van der Waals surface area contributed by atoms with Crippen LogP contribution in [-0.2, 0) is 10.3 Å². The van der Waals surface area contributed by atoms with Gasteiger partial charge in [0.05, 0.1) is 6.20 Å². The number of hydrogen-bond acceptors (Lipinski definition) is 5. The second-order valence-electron chi connectivity index (χ2n) is 6.45. The maximum atomic E-state index is 14.7. The summed E-state index contributed by atoms with van der Waals surface area (Å²) < 4.78 is 48.6. The standard InChI is InChI=1S/C17H18F3N5O2/c1-9-6-22-25-14(9)15(26)23-10-3-4-12(18)11(5-10)16(2)17(19,20)8-27-7-13(21)24-16/h3-6H,7-8H2,1-2H3,(H2,21,24)(H,22,25)(H,23,26). The molecule has 2 aromatic rings. The van der Waals surface area contributed by atoms with E-state index in [1.165, 1.54) is 12.3 Å². The van der Waals surface area contributed by atoms with Crippen LogP contribution < -0.4 is 11.1 Å². The van der Waals surface area contributed by atoms with Crippen LogP contribution in [0.4, 0.5) is 18.9 Å². The minimum Gasteiger partial charge on any atom is -0.385 e. The Labute approximate surface area is 152 Å². The molecule has 2 heterocycles. The van der Waals surface area contributed by atoms with Gasteiger partial charge in [0, 0.05) is 11.3 Å². The van der Waals surface area contributed by atoms with Gasteiger partial charge >= 0.3 is 0 Å². The lowest BCUT2D eigenvalue weighted by Gasteiger charge is -2.33. The van der Waals surface area contributed by atoms with Crippen molar-refractivity contribution in [3.8, 4) is 0 Å². The molecule has 4 N–H and O–H groups in total. The van der Waals surface area contributed by atoms with Crippen molar-refractivity contribution in [1.29, 1.82) is 0 Å². The van der Waals surface area contributed by atoms with Gasteiger partial charge in [-0.2, -0.15) is 5.10 Å². The third-order valence-corrected chi connectivity index (χ3v) is 4.42. The molecule has 0 radical (unpaired) electrons. The van der Waals surface area contributed by atoms with E-state index in [4.69, 9.17) is 10.5 Å². The molecule has 1 aliphatic heterocycles. The summed E-state index contributed by atoms with van der Waals surface area (Å²) in [6.07, 6.45) is 1.47. The fourth-order valence-corrected chi connectivity index (χ4v) is 2.83. The van der Waals surface area contributed by atoms with Gasteiger partial charge in [0.2, 0.25) is 0 Å². The number of aliphatic imine (C=N–C) groups is 1. The van der Waals surface area contributed by atoms with Crippen molar-refractivity contribution in [1.82, 2.24) is 10.2 Å². The lowest BCUT2D eigenvalue weighted by atomic mass is 9.85. The molecular weight excluding hydrogens is 363 g/mol. The van der Waals surface area contributed by atoms with Gasteiger partial charge in [0.1, 0.15) is 30.6 Å². The number of carbonyl (C=O) groups is 1. The number of rotatable bonds is 3. The Morgan fingerprint density at radius 1 is 1.41 bits per heavy atom. The number of nitrogens with one attached hydrogen (secondary N) is 2. The van der Waals surface area contributed by atoms with Crippen molar-refractivity contribution in [2.45, 2.75) is 25.3 Å². The van der Waals surface area contributed by atoms with Crippen molar-refractivity contribution >= 4 is 17.4 Å². The number of amidine groups is 1. The van der Waals surface area contributed by atoms with E-state index >= 15 is 0 Å². The van der Waals surface area contributed by atoms with E-state index in [9.17, 15) is 18.0 Å². The molecule has 0 saturated heterocycles. The molecule has 0 spiro atoms. The first kappa shape index (κ1) is 18.9. The first-order chi connectivity index (χ1) is 12.6. The highest BCUT2D eigenvalue weighted by Crippen LogP contribution is 2.44. The highest BCUT2D eigenvalue weighted by molar-refractivity contribution is 6.03. The van der Waals surface area contributed by atoms with E-state index in [1.807, 2.05) is 0 Å². The van der Waals surface area contributed by atoms with Crippen LogP contribution in [0.15, 0.2) is 29.4 Å². The van der Waals surface area contributed by atoms with E-state index in [-0.39, 0.29) is 23.8 Å². The smallest absolute Gasteiger partial charge is 0.299 e. The quantitative estimate of drug-likeness (QED) is 0.759. The predicted molar refractivity (Wildman–Crippen MR) is 92.4 cm³/mol. The fraction of sp³-hybridized carbons (Fsp3) is 0.353. The molecule has 144 valence electrons. The Bertz CT molecular complexity index is 912. The lowest BCUT2D eigenvalue weighted by molar-refractivity contribution is -0.116. The van der Waals surface area contributed by atoms with Crippen LogP contribution in [0.5, 0.6) is 0 Å². The van der Waals surface area contributed by atoms with Crippen LogP contribution in [0, 0.1) is 12.7 Å². The van der Waals surface area contributed by atoms with E-state index in [0.29, 0.717) is 5.56 Å². The van der Waals surface area contributed by atoms with Crippen LogP contribution >= 0.6 is 0 Å². The van der Waals surface area contributed by atoms with Crippen LogP contribution in [0.25, 0.3) is 0 Å². The summed E-state index contributed by atoms with van der Waals surface area (Å²) in [5.41, 5.74) is 3.86. The SMILES string of the molecule is Cc1cn[nH]c1C(=O)Nc1ccc(F)c(C2(C)N=C(N)COCC2(F)F)c1. The molecule has 0 aliphatic carbocycles. The van der Waals surface area contributed by atoms with Crippen molar-refractivity contribution in [2.75, 3.05) is 18.5 Å². The van der Waals surface area contributed by atoms with Gasteiger partial charge in [-0.05, 0) is 37.6 Å². The van der Waals surface area contributed by atoms with Gasteiger partial charge in [-0.15, -0.1) is 0 Å². The maximum Gasteiger partial charge on any atom is 0.299 e. The minimum absolute atomic E-state index is 0.126. The summed E-state index contributed by atoms with van der Waals surface area (Å²) in [5, 5.41) is 8.82. The predicted octanol–water partition coefficient (Wildman–Crippen LogP) is 2.35. The summed E-state index contributed by atoms with van der Waals surface area (Å²) >= 11 is 0. The molecule has 1 unspecified atom stereocenters. The number of aryl methyl sites for hydroxylation is 1. The van der Waals surface area contributed by atoms with E-state index in [2.05, 4.69) is 20.5 Å². The van der Waals surface area contributed by atoms with Crippen molar-refractivity contribution in [3.63, 3.8) is 0 Å². The Hall–Kier alpha value is -2.88. The Balaban J connectivity index is 2.01. The zero-order valence-corrected chi connectivity index (χ0v) is 14.6. The number of H-pyrrole nitrogens is 1. The number of carbonyl (C=O) groups excluding carboxylic acids is 1. The largest absolute Gasteiger partial charge is 0.385 e. The molecule has 1 aromatic heterocycles. The normalized spacial score (nSPS) is 22.0. The Morgan fingerprint density at radius 2 is 2.15 bits per heavy atom. The van der Waals surface area contributed by atoms with Gasteiger partial charge < -0.3 is 15.8 Å². The summed E-state index contributed by atoms with van der Waals surface area (Å²) in [7, 11) is 0. The number of anilines is 1. The summed E-state index contributed by atoms with van der Waals surface area (Å²) in [6, 6.07) is 3.38. The molecule has 1 aliphatic rings. The number of halogens is 3. The van der Waals surface area contributed by atoms with E-state index < -0.39 is 35.4 Å². The number of benzene rings is 1. The average Bonchev–Trinajstić information content (AvgIpc) is 2.98. The number of ether oxygens (including phenoxy) is 1. The molecule has 0 fully saturated rings. The molecule has 27 heavy (non-hydrogen) atoms. The molecule has 1 atom stereocenters. The summed E-state index contributed by atoms with van der Waals surface area (Å²) in [6.45, 7) is 1.52. The molecule has 10 heteroatoms. The molecule has 0 saturated carbocycles. The van der Waals surface area contributed by atoms with E-state index in [0.717, 1.165) is 19.1 Å². The highest BCUT2D eigenvalue weighted by atomic mass is 19.3. The lowest BCUT2D eigenvalue weighted by Crippen LogP contribution is -2.45. The molecule has 7 nitrogen and oxygen atoms in total. The number of aromatic nitrogens is 2. The highest BCUT2D eigenvalue weighted by Gasteiger charge is 2.54. The zero-order valence-electron chi connectivity index (χ0n) is 14.6. The number of amides is 1. The van der Waals surface area contributed by atoms with Crippen LogP contribution in [0.3, 0.4) is 0 Å². The first-order valence-electron chi connectivity index (χ1n) is 8.05. The molecule has 3 rings (SSSR count). The number of nitrogens with two attached hydrogens (primary N) is 1. The monoisotopic (exact) mass is 381 g/mol. The van der Waals surface area contributed by atoms with Crippen LogP contribution in [-0.4, -0.2) is 41.1 Å². The number of aromatic amines is 1. The van der Waals surface area contributed by atoms with Gasteiger partial charge in [0.15, 0.2) is 5.54 Å². The van der Waals surface area contributed by atoms with Crippen LogP contribution in [0.2, 0.25) is 0 Å². The van der Waals surface area contributed by atoms with Gasteiger partial charge in [-0.25, -0.2) is 13.2 Å². The summed E-state index contributed by atoms with van der Waals surface area (Å²) in [4.78, 5) is 16.1. The van der Waals surface area contributed by atoms with Crippen LogP contribution in [0.1, 0.15) is 28.5 Å². The molecule has 1 aromatic carbocycles. The Morgan fingerprint density at radius 3 is 2.81 bits per heavy atom. The maximum absolute atomic E-state index is 14.7. The third kappa shape index (κ3) is 3.39. The second kappa shape index (κ2) is 6.69. The first-order valence-corrected chi connectivity index (χ1v) is 8.05. The average molecular weight is 381 g/mol.